The number of hydrogen-bond acceptors (Lipinski definition) is 4. The maximum Gasteiger partial charge on any atom is 0.275 e. The molecule has 6 heteroatoms. The monoisotopic (exact) mass is 457 g/mol. The lowest BCUT2D eigenvalue weighted by molar-refractivity contribution is -0.136. The fourth-order valence-corrected chi connectivity index (χ4v) is 5.46. The van der Waals surface area contributed by atoms with E-state index in [2.05, 4.69) is 24.3 Å². The number of likely N-dealkylation sites (tertiary alicyclic amines) is 1. The molecule has 33 heavy (non-hydrogen) atoms. The number of aromatic nitrogens is 2. The van der Waals surface area contributed by atoms with Gasteiger partial charge in [-0.1, -0.05) is 54.6 Å². The van der Waals surface area contributed by atoms with Crippen LogP contribution in [0.4, 0.5) is 0 Å². The highest BCUT2D eigenvalue weighted by Crippen LogP contribution is 2.29. The Hall–Kier alpha value is -3.25. The molecule has 4 aromatic rings. The van der Waals surface area contributed by atoms with Gasteiger partial charge in [0.25, 0.3) is 5.56 Å². The molecular weight excluding hydrogens is 430 g/mol. The first-order valence-electron chi connectivity index (χ1n) is 11.5. The van der Waals surface area contributed by atoms with Crippen LogP contribution in [0, 0.1) is 5.92 Å². The van der Waals surface area contributed by atoms with Gasteiger partial charge in [0.2, 0.25) is 5.91 Å². The van der Waals surface area contributed by atoms with Crippen LogP contribution in [0.1, 0.15) is 31.4 Å². The largest absolute Gasteiger partial charge is 0.341 e. The van der Waals surface area contributed by atoms with Crippen LogP contribution in [0.25, 0.3) is 21.3 Å². The molecule has 168 valence electrons. The van der Waals surface area contributed by atoms with Gasteiger partial charge in [-0.05, 0) is 55.2 Å². The number of piperidine rings is 1. The maximum atomic E-state index is 13.4. The van der Waals surface area contributed by atoms with E-state index in [1.54, 1.807) is 18.3 Å². The predicted octanol–water partition coefficient (Wildman–Crippen LogP) is 5.17. The molecule has 1 fully saturated rings. The fourth-order valence-electron chi connectivity index (χ4n) is 4.74. The van der Waals surface area contributed by atoms with E-state index >= 15 is 0 Å². The molecule has 5 nitrogen and oxygen atoms in total. The Morgan fingerprint density at radius 1 is 1.00 bits per heavy atom. The first-order chi connectivity index (χ1) is 16.1. The van der Waals surface area contributed by atoms with Crippen molar-refractivity contribution in [3.8, 4) is 10.6 Å². The van der Waals surface area contributed by atoms with Crippen molar-refractivity contribution in [1.82, 2.24) is 14.7 Å². The molecular formula is C27H27N3O2S. The summed E-state index contributed by atoms with van der Waals surface area (Å²) in [4.78, 5) is 29.5. The molecule has 1 atom stereocenters. The van der Waals surface area contributed by atoms with E-state index in [0.717, 1.165) is 48.3 Å². The molecule has 1 amide bonds. The van der Waals surface area contributed by atoms with Crippen molar-refractivity contribution >= 4 is 28.0 Å². The van der Waals surface area contributed by atoms with E-state index in [1.807, 2.05) is 52.7 Å². The minimum Gasteiger partial charge on any atom is -0.341 e. The van der Waals surface area contributed by atoms with Crippen molar-refractivity contribution in [2.24, 2.45) is 5.92 Å². The second-order valence-corrected chi connectivity index (χ2v) is 9.70. The third-order valence-corrected chi connectivity index (χ3v) is 7.48. The van der Waals surface area contributed by atoms with Gasteiger partial charge in [-0.2, -0.15) is 5.10 Å². The molecule has 3 heterocycles. The van der Waals surface area contributed by atoms with Crippen LogP contribution < -0.4 is 5.56 Å². The van der Waals surface area contributed by atoms with Gasteiger partial charge >= 0.3 is 0 Å². The number of benzene rings is 2. The van der Waals surface area contributed by atoms with Crippen LogP contribution in [-0.4, -0.2) is 33.7 Å². The molecule has 0 aliphatic carbocycles. The minimum atomic E-state index is -0.647. The quantitative estimate of drug-likeness (QED) is 0.416. The highest BCUT2D eigenvalue weighted by atomic mass is 32.1. The summed E-state index contributed by atoms with van der Waals surface area (Å²) in [6.07, 6.45) is 3.01. The van der Waals surface area contributed by atoms with Crippen LogP contribution in [0.15, 0.2) is 76.9 Å². The summed E-state index contributed by atoms with van der Waals surface area (Å²) in [6, 6.07) is 21.4. The van der Waals surface area contributed by atoms with Crippen molar-refractivity contribution in [3.05, 3.63) is 88.0 Å². The van der Waals surface area contributed by atoms with Gasteiger partial charge in [0.05, 0.1) is 10.3 Å². The summed E-state index contributed by atoms with van der Waals surface area (Å²) in [5.41, 5.74) is 1.89. The van der Waals surface area contributed by atoms with Crippen molar-refractivity contribution < 1.29 is 4.79 Å². The van der Waals surface area contributed by atoms with Crippen LogP contribution in [0.5, 0.6) is 0 Å². The van der Waals surface area contributed by atoms with E-state index in [1.165, 1.54) is 10.2 Å². The first kappa shape index (κ1) is 21.6. The molecule has 2 aromatic carbocycles. The highest BCUT2D eigenvalue weighted by Gasteiger charge is 2.29. The SMILES string of the molecule is C[C@@H](C(=O)N1CCC(Cc2ccccc2)CC1)n1nc(-c2cccs2)c2ccccc2c1=O. The van der Waals surface area contributed by atoms with Crippen LogP contribution in [-0.2, 0) is 11.2 Å². The Morgan fingerprint density at radius 3 is 2.39 bits per heavy atom. The molecule has 5 rings (SSSR count). The normalized spacial score (nSPS) is 15.6. The number of hydrogen-bond donors (Lipinski definition) is 0. The van der Waals surface area contributed by atoms with Crippen LogP contribution in [0.2, 0.25) is 0 Å². The average Bonchev–Trinajstić information content (AvgIpc) is 3.40. The molecule has 0 radical (unpaired) electrons. The topological polar surface area (TPSA) is 55.2 Å². The summed E-state index contributed by atoms with van der Waals surface area (Å²) in [7, 11) is 0. The summed E-state index contributed by atoms with van der Waals surface area (Å²) in [6.45, 7) is 3.24. The Morgan fingerprint density at radius 2 is 1.70 bits per heavy atom. The maximum absolute atomic E-state index is 13.4. The molecule has 0 bridgehead atoms. The first-order valence-corrected chi connectivity index (χ1v) is 12.4. The number of carbonyl (C=O) groups is 1. The predicted molar refractivity (Wildman–Crippen MR) is 133 cm³/mol. The Kier molecular flexibility index (Phi) is 6.09. The molecule has 1 saturated heterocycles. The Bertz CT molecular complexity index is 1310. The lowest BCUT2D eigenvalue weighted by Gasteiger charge is -2.33. The van der Waals surface area contributed by atoms with Gasteiger partial charge in [0.15, 0.2) is 0 Å². The van der Waals surface area contributed by atoms with E-state index in [9.17, 15) is 9.59 Å². The molecule has 1 aliphatic rings. The molecule has 0 saturated carbocycles. The lowest BCUT2D eigenvalue weighted by atomic mass is 9.90. The van der Waals surface area contributed by atoms with Gasteiger partial charge in [-0.15, -0.1) is 11.3 Å². The second-order valence-electron chi connectivity index (χ2n) is 8.76. The lowest BCUT2D eigenvalue weighted by Crippen LogP contribution is -2.44. The molecule has 0 N–H and O–H groups in total. The fraction of sp³-hybridized carbons (Fsp3) is 0.296. The van der Waals surface area contributed by atoms with Gasteiger partial charge in [0, 0.05) is 18.5 Å². The van der Waals surface area contributed by atoms with E-state index < -0.39 is 6.04 Å². The molecule has 0 unspecified atom stereocenters. The number of amides is 1. The van der Waals surface area contributed by atoms with Gasteiger partial charge in [-0.25, -0.2) is 4.68 Å². The summed E-state index contributed by atoms with van der Waals surface area (Å²) in [5.74, 6) is 0.550. The van der Waals surface area contributed by atoms with E-state index in [-0.39, 0.29) is 11.5 Å². The average molecular weight is 458 g/mol. The van der Waals surface area contributed by atoms with Crippen molar-refractivity contribution in [2.75, 3.05) is 13.1 Å². The van der Waals surface area contributed by atoms with Crippen molar-refractivity contribution in [3.63, 3.8) is 0 Å². The highest BCUT2D eigenvalue weighted by molar-refractivity contribution is 7.13. The summed E-state index contributed by atoms with van der Waals surface area (Å²) < 4.78 is 1.38. The Balaban J connectivity index is 1.37. The summed E-state index contributed by atoms with van der Waals surface area (Å²) in [5, 5.41) is 8.11. The third-order valence-electron chi connectivity index (χ3n) is 6.60. The van der Waals surface area contributed by atoms with E-state index in [4.69, 9.17) is 5.10 Å². The van der Waals surface area contributed by atoms with Crippen LogP contribution >= 0.6 is 11.3 Å². The second kappa shape index (κ2) is 9.32. The zero-order chi connectivity index (χ0) is 22.8. The number of rotatable bonds is 5. The molecule has 1 aliphatic heterocycles. The Labute approximate surface area is 197 Å². The number of nitrogens with zero attached hydrogens (tertiary/aromatic N) is 3. The zero-order valence-electron chi connectivity index (χ0n) is 18.7. The summed E-state index contributed by atoms with van der Waals surface area (Å²) >= 11 is 1.58. The minimum absolute atomic E-state index is 0.0322. The van der Waals surface area contributed by atoms with Crippen LogP contribution in [0.3, 0.4) is 0 Å². The third kappa shape index (κ3) is 4.35. The standard InChI is InChI=1S/C27H27N3O2S/c1-19(26(31)29-15-13-21(14-16-29)18-20-8-3-2-4-9-20)30-27(32)23-11-6-5-10-22(23)25(28-30)24-12-7-17-33-24/h2-12,17,19,21H,13-16,18H2,1H3/t19-/m0/s1. The van der Waals surface area contributed by atoms with Gasteiger partial charge in [0.1, 0.15) is 11.7 Å². The van der Waals surface area contributed by atoms with Gasteiger partial charge in [-0.3, -0.25) is 9.59 Å². The zero-order valence-corrected chi connectivity index (χ0v) is 19.5. The van der Waals surface area contributed by atoms with Crippen molar-refractivity contribution in [2.45, 2.75) is 32.2 Å². The number of carbonyl (C=O) groups excluding carboxylic acids is 1. The van der Waals surface area contributed by atoms with Gasteiger partial charge < -0.3 is 4.90 Å². The molecule has 2 aromatic heterocycles. The number of fused-ring (bicyclic) bond motifs is 1. The van der Waals surface area contributed by atoms with E-state index in [0.29, 0.717) is 11.3 Å². The number of thiophene rings is 1. The van der Waals surface area contributed by atoms with Crippen molar-refractivity contribution in [1.29, 1.82) is 0 Å². The molecule has 0 spiro atoms. The smallest absolute Gasteiger partial charge is 0.275 e.